The summed E-state index contributed by atoms with van der Waals surface area (Å²) in [6, 6.07) is -0.370. The number of hydrogen-bond acceptors (Lipinski definition) is 18. The van der Waals surface area contributed by atoms with E-state index in [2.05, 4.69) is 20.5 Å². The normalized spacial score (nSPS) is 44.2. The van der Waals surface area contributed by atoms with E-state index in [0.717, 1.165) is 18.1 Å². The number of rotatable bonds is 15. The number of carbonyl (C=O) groups excluding carboxylic acids is 1. The minimum absolute atomic E-state index is 0.0535. The summed E-state index contributed by atoms with van der Waals surface area (Å²) in [4.78, 5) is 20.7. The lowest BCUT2D eigenvalue weighted by Gasteiger charge is -2.49. The third-order valence-electron chi connectivity index (χ3n) is 13.8. The Morgan fingerprint density at radius 2 is 1.60 bits per heavy atom. The minimum atomic E-state index is -1.95. The Morgan fingerprint density at radius 3 is 2.23 bits per heavy atom. The zero-order valence-electron chi connectivity index (χ0n) is 39.1. The van der Waals surface area contributed by atoms with E-state index in [4.69, 9.17) is 28.4 Å². The monoisotopic (exact) mass is 905 g/mol. The van der Waals surface area contributed by atoms with E-state index >= 15 is 0 Å². The molecule has 62 heavy (non-hydrogen) atoms. The second-order valence-corrected chi connectivity index (χ2v) is 20.1. The number of aliphatic hydroxyl groups excluding tert-OH is 4. The number of hydrogen-bond donors (Lipinski definition) is 8. The highest BCUT2D eigenvalue weighted by molar-refractivity contribution is 7.09. The van der Waals surface area contributed by atoms with Crippen LogP contribution in [0.4, 0.5) is 0 Å². The molecule has 18 heteroatoms. The van der Waals surface area contributed by atoms with E-state index in [1.807, 2.05) is 19.4 Å². The molecule has 1 unspecified atom stereocenters. The number of ether oxygens (including phenoxy) is 6. The number of carbonyl (C=O) groups is 1. The van der Waals surface area contributed by atoms with Gasteiger partial charge in [-0.15, -0.1) is 11.3 Å². The predicted molar refractivity (Wildman–Crippen MR) is 233 cm³/mol. The highest BCUT2D eigenvalue weighted by Gasteiger charge is 2.53. The van der Waals surface area contributed by atoms with Crippen LogP contribution in [0.15, 0.2) is 11.6 Å². The van der Waals surface area contributed by atoms with E-state index in [1.165, 1.54) is 14.0 Å². The molecule has 3 fully saturated rings. The number of aromatic nitrogens is 1. The van der Waals surface area contributed by atoms with Crippen molar-refractivity contribution in [1.82, 2.24) is 20.5 Å². The Kier molecular flexibility index (Phi) is 19.6. The highest BCUT2D eigenvalue weighted by Crippen LogP contribution is 2.41. The van der Waals surface area contributed by atoms with Crippen molar-refractivity contribution in [3.8, 4) is 0 Å². The first kappa shape index (κ1) is 53.2. The first-order valence-electron chi connectivity index (χ1n) is 22.5. The molecule has 0 bridgehead atoms. The van der Waals surface area contributed by atoms with E-state index in [-0.39, 0.29) is 31.4 Å². The topological polar surface area (TPSA) is 234 Å². The molecule has 8 N–H and O–H groups in total. The van der Waals surface area contributed by atoms with Crippen molar-refractivity contribution in [3.05, 3.63) is 16.6 Å². The smallest absolute Gasteiger partial charge is 0.311 e. The Balaban J connectivity index is 1.65. The number of esters is 1. The number of aliphatic hydroxyl groups is 6. The molecule has 0 saturated carbocycles. The number of nitrogens with zero attached hydrogens (tertiary/aromatic N) is 2. The molecule has 0 spiro atoms. The largest absolute Gasteiger partial charge is 0.459 e. The Labute approximate surface area is 373 Å². The SMILES string of the molecule is CC[C@H]1OC(=O)[C@H](C)[C@@H](OC2C[C@@](C)(OC)[C@@H](O)[C@H](C)O2)[C@H](C)[C@@H](O[C@@H]2O[C@H](C)C[C@H](N(C)CCNCCNCc3nccs3)[C@H]2O)[C@@](C)(O)C[C@@H](C)[C@H](O)[C@H](C)[C@@H](O)[C@]1(C)O. The summed E-state index contributed by atoms with van der Waals surface area (Å²) in [6.45, 7) is 20.3. The third kappa shape index (κ3) is 12.9. The fourth-order valence-corrected chi connectivity index (χ4v) is 10.4. The van der Waals surface area contributed by atoms with Gasteiger partial charge in [0.2, 0.25) is 0 Å². The predicted octanol–water partition coefficient (Wildman–Crippen LogP) is 1.78. The van der Waals surface area contributed by atoms with Crippen molar-refractivity contribution in [2.24, 2.45) is 23.7 Å². The minimum Gasteiger partial charge on any atom is -0.459 e. The first-order valence-corrected chi connectivity index (χ1v) is 23.4. The Morgan fingerprint density at radius 1 is 0.919 bits per heavy atom. The van der Waals surface area contributed by atoms with Crippen LogP contribution in [0, 0.1) is 23.7 Å². The van der Waals surface area contributed by atoms with Crippen LogP contribution in [0.1, 0.15) is 99.9 Å². The van der Waals surface area contributed by atoms with Gasteiger partial charge in [-0.3, -0.25) is 9.69 Å². The van der Waals surface area contributed by atoms with Gasteiger partial charge >= 0.3 is 5.97 Å². The molecular weight excluding hydrogens is 825 g/mol. The van der Waals surface area contributed by atoms with Gasteiger partial charge in [0, 0.05) is 75.7 Å². The van der Waals surface area contributed by atoms with Gasteiger partial charge in [0.15, 0.2) is 12.6 Å². The van der Waals surface area contributed by atoms with E-state index in [0.29, 0.717) is 26.1 Å². The van der Waals surface area contributed by atoms with Crippen molar-refractivity contribution < 1.29 is 63.9 Å². The van der Waals surface area contributed by atoms with Gasteiger partial charge in [0.25, 0.3) is 0 Å². The zero-order chi connectivity index (χ0) is 46.3. The maximum atomic E-state index is 14.3. The Hall–Kier alpha value is -1.46. The molecule has 0 aromatic carbocycles. The molecule has 0 amide bonds. The van der Waals surface area contributed by atoms with Gasteiger partial charge in [0.05, 0.1) is 53.7 Å². The van der Waals surface area contributed by atoms with Crippen LogP contribution in [-0.4, -0.2) is 177 Å². The highest BCUT2D eigenvalue weighted by atomic mass is 32.1. The molecule has 1 aromatic rings. The Bertz CT molecular complexity index is 1500. The maximum absolute atomic E-state index is 14.3. The maximum Gasteiger partial charge on any atom is 0.311 e. The molecular formula is C44H80N4O13S. The van der Waals surface area contributed by atoms with E-state index in [9.17, 15) is 35.4 Å². The van der Waals surface area contributed by atoms with Gasteiger partial charge in [0.1, 0.15) is 28.9 Å². The van der Waals surface area contributed by atoms with Crippen LogP contribution in [-0.2, 0) is 39.8 Å². The molecule has 19 atom stereocenters. The van der Waals surface area contributed by atoms with Crippen molar-refractivity contribution in [3.63, 3.8) is 0 Å². The van der Waals surface area contributed by atoms with Crippen LogP contribution in [0.3, 0.4) is 0 Å². The standard InChI is InChI=1S/C44H80N4O13S/c1-13-31-44(10,55)37(51)26(4)34(49)24(2)21-42(8,54)39(27(5)36(28(6)40(53)59-31)60-33-22-43(9,56-12)38(52)29(7)58-33)61-41-35(50)30(20-25(3)57-41)48(11)18-16-45-14-15-46-23-32-47-17-19-62-32/h17,19,24-31,33-39,41,45-46,49-52,54-55H,13-16,18,20-23H2,1-12H3/t24-,25-,26+,27+,28-,29+,30+,31-,33?,34+,35-,36+,37-,38+,39-,41+,42+,43-,44-/m1/s1. The molecule has 360 valence electrons. The first-order chi connectivity index (χ1) is 29.0. The summed E-state index contributed by atoms with van der Waals surface area (Å²) in [5.41, 5.74) is -4.78. The summed E-state index contributed by atoms with van der Waals surface area (Å²) in [5.74, 6) is -4.21. The van der Waals surface area contributed by atoms with Gasteiger partial charge in [-0.05, 0) is 73.8 Å². The number of nitrogens with one attached hydrogen (secondary N) is 2. The third-order valence-corrected chi connectivity index (χ3v) is 14.6. The van der Waals surface area contributed by atoms with Crippen molar-refractivity contribution >= 4 is 17.3 Å². The molecule has 4 rings (SSSR count). The average molecular weight is 905 g/mol. The lowest BCUT2D eigenvalue weighted by atomic mass is 9.73. The fourth-order valence-electron chi connectivity index (χ4n) is 9.77. The van der Waals surface area contributed by atoms with Crippen molar-refractivity contribution in [2.45, 2.75) is 192 Å². The summed E-state index contributed by atoms with van der Waals surface area (Å²) in [5, 5.41) is 80.4. The molecule has 3 saturated heterocycles. The second-order valence-electron chi connectivity index (χ2n) is 19.1. The molecule has 3 aliphatic heterocycles. The van der Waals surface area contributed by atoms with Crippen LogP contribution >= 0.6 is 11.3 Å². The van der Waals surface area contributed by atoms with Crippen LogP contribution < -0.4 is 10.6 Å². The quantitative estimate of drug-likeness (QED) is 0.0926. The van der Waals surface area contributed by atoms with Crippen LogP contribution in [0.5, 0.6) is 0 Å². The summed E-state index contributed by atoms with van der Waals surface area (Å²) >= 11 is 1.61. The summed E-state index contributed by atoms with van der Waals surface area (Å²) in [6.07, 6.45) is -9.06. The summed E-state index contributed by atoms with van der Waals surface area (Å²) in [7, 11) is 3.44. The lowest BCUT2D eigenvalue weighted by Crippen LogP contribution is -2.61. The average Bonchev–Trinajstić information content (AvgIpc) is 3.75. The number of thiazole rings is 1. The zero-order valence-corrected chi connectivity index (χ0v) is 39.9. The summed E-state index contributed by atoms with van der Waals surface area (Å²) < 4.78 is 37.8. The van der Waals surface area contributed by atoms with Gasteiger partial charge in [-0.2, -0.15) is 0 Å². The molecule has 1 aromatic heterocycles. The van der Waals surface area contributed by atoms with Gasteiger partial charge in [-0.1, -0.05) is 27.7 Å². The van der Waals surface area contributed by atoms with Crippen LogP contribution in [0.2, 0.25) is 0 Å². The fraction of sp³-hybridized carbons (Fsp3) is 0.909. The van der Waals surface area contributed by atoms with Crippen molar-refractivity contribution in [1.29, 1.82) is 0 Å². The number of methoxy groups -OCH3 is 1. The van der Waals surface area contributed by atoms with Crippen molar-refractivity contribution in [2.75, 3.05) is 40.3 Å². The number of likely N-dealkylation sites (N-methyl/N-ethyl adjacent to an activating group) is 1. The molecule has 0 radical (unpaired) electrons. The molecule has 0 aliphatic carbocycles. The van der Waals surface area contributed by atoms with Gasteiger partial charge < -0.3 is 69.7 Å². The van der Waals surface area contributed by atoms with Gasteiger partial charge in [-0.25, -0.2) is 4.98 Å². The second kappa shape index (κ2) is 22.8. The molecule has 17 nitrogen and oxygen atoms in total. The van der Waals surface area contributed by atoms with E-state index < -0.39 is 108 Å². The van der Waals surface area contributed by atoms with Crippen LogP contribution in [0.25, 0.3) is 0 Å². The molecule has 4 heterocycles. The molecule has 3 aliphatic rings. The number of cyclic esters (lactones) is 1. The lowest BCUT2D eigenvalue weighted by molar-refractivity contribution is -0.318. The van der Waals surface area contributed by atoms with E-state index in [1.54, 1.807) is 72.9 Å².